The first kappa shape index (κ1) is 19.5. The predicted octanol–water partition coefficient (Wildman–Crippen LogP) is 6.58. The lowest BCUT2D eigenvalue weighted by atomic mass is 10.0. The molecular weight excluding hydrogens is 406 g/mol. The summed E-state index contributed by atoms with van der Waals surface area (Å²) in [6, 6.07) is 27.3. The fraction of sp³-hybridized carbons (Fsp3) is 0.115. The Balaban J connectivity index is 1.66. The number of carbonyl (C=O) groups is 1. The van der Waals surface area contributed by atoms with E-state index < -0.39 is 0 Å². The van der Waals surface area contributed by atoms with Crippen molar-refractivity contribution >= 4 is 23.3 Å². The number of para-hydroxylation sites is 2. The number of carbonyl (C=O) groups excluding carboxylic acids is 1. The third-order valence-corrected chi connectivity index (χ3v) is 6.16. The Morgan fingerprint density at radius 3 is 2.52 bits per heavy atom. The van der Waals surface area contributed by atoms with Gasteiger partial charge in [0, 0.05) is 16.9 Å². The maximum absolute atomic E-state index is 13.7. The summed E-state index contributed by atoms with van der Waals surface area (Å²) >= 11 is 6.64. The lowest BCUT2D eigenvalue weighted by molar-refractivity contribution is 0.194. The molecule has 0 fully saturated rings. The molecule has 1 atom stereocenters. The van der Waals surface area contributed by atoms with Crippen molar-refractivity contribution in [2.45, 2.75) is 19.5 Å². The van der Waals surface area contributed by atoms with E-state index in [9.17, 15) is 4.79 Å². The highest BCUT2D eigenvalue weighted by molar-refractivity contribution is 6.31. The van der Waals surface area contributed by atoms with Crippen LogP contribution in [0.4, 0.5) is 10.5 Å². The van der Waals surface area contributed by atoms with Crippen LogP contribution in [0.5, 0.6) is 0 Å². The highest BCUT2D eigenvalue weighted by Gasteiger charge is 2.34. The topological polar surface area (TPSA) is 37.3 Å². The van der Waals surface area contributed by atoms with Crippen molar-refractivity contribution in [1.29, 1.82) is 0 Å². The van der Waals surface area contributed by atoms with Gasteiger partial charge >= 0.3 is 6.03 Å². The van der Waals surface area contributed by atoms with Crippen molar-refractivity contribution in [2.24, 2.45) is 0 Å². The molecular formula is C26H22ClN3O. The van der Waals surface area contributed by atoms with Crippen molar-refractivity contribution in [3.8, 4) is 5.69 Å². The molecule has 1 N–H and O–H groups in total. The van der Waals surface area contributed by atoms with Crippen molar-refractivity contribution in [3.63, 3.8) is 0 Å². The number of rotatable bonds is 2. The zero-order chi connectivity index (χ0) is 21.4. The van der Waals surface area contributed by atoms with Gasteiger partial charge in [-0.2, -0.15) is 0 Å². The van der Waals surface area contributed by atoms with E-state index in [1.165, 1.54) is 0 Å². The van der Waals surface area contributed by atoms with Gasteiger partial charge in [-0.25, -0.2) is 4.79 Å². The standard InChI is InChI=1S/C26H22ClN3O/c1-18-9-2-6-13-22(18)28-26(31)30-17-19-10-3-7-14-23(19)29-16-8-15-24(29)25(30)20-11-4-5-12-21(20)27/h2-16,25H,17H2,1H3,(H,28,31)/t25-/m1/s1. The van der Waals surface area contributed by atoms with Gasteiger partial charge in [0.1, 0.15) is 6.04 Å². The van der Waals surface area contributed by atoms with Gasteiger partial charge in [0.25, 0.3) is 0 Å². The fourth-order valence-electron chi connectivity index (χ4n) is 4.26. The van der Waals surface area contributed by atoms with Crippen molar-refractivity contribution in [3.05, 3.63) is 119 Å². The average molecular weight is 428 g/mol. The first-order valence-electron chi connectivity index (χ1n) is 10.3. The number of anilines is 1. The van der Waals surface area contributed by atoms with E-state index in [0.717, 1.165) is 33.8 Å². The predicted molar refractivity (Wildman–Crippen MR) is 125 cm³/mol. The molecule has 1 aromatic heterocycles. The minimum absolute atomic E-state index is 0.163. The molecule has 4 aromatic rings. The van der Waals surface area contributed by atoms with Gasteiger partial charge in [-0.15, -0.1) is 0 Å². The molecule has 3 aromatic carbocycles. The largest absolute Gasteiger partial charge is 0.322 e. The first-order valence-corrected chi connectivity index (χ1v) is 10.6. The Bertz CT molecular complexity index is 1260. The van der Waals surface area contributed by atoms with Gasteiger partial charge in [-0.05, 0) is 53.9 Å². The molecule has 1 aliphatic heterocycles. The molecule has 4 nitrogen and oxygen atoms in total. The zero-order valence-electron chi connectivity index (χ0n) is 17.1. The van der Waals surface area contributed by atoms with E-state index in [2.05, 4.69) is 28.1 Å². The summed E-state index contributed by atoms with van der Waals surface area (Å²) in [6.45, 7) is 2.45. The van der Waals surface area contributed by atoms with Crippen LogP contribution in [0.2, 0.25) is 5.02 Å². The molecule has 5 heteroatoms. The van der Waals surface area contributed by atoms with Crippen LogP contribution < -0.4 is 5.32 Å². The molecule has 0 spiro atoms. The van der Waals surface area contributed by atoms with Crippen LogP contribution in [0.25, 0.3) is 5.69 Å². The number of urea groups is 1. The second kappa shape index (κ2) is 7.97. The number of nitrogens with zero attached hydrogens (tertiary/aromatic N) is 2. The molecule has 0 radical (unpaired) electrons. The number of fused-ring (bicyclic) bond motifs is 3. The van der Waals surface area contributed by atoms with E-state index >= 15 is 0 Å². The van der Waals surface area contributed by atoms with Crippen LogP contribution in [-0.2, 0) is 6.54 Å². The van der Waals surface area contributed by atoms with E-state index in [1.54, 1.807) is 0 Å². The molecule has 0 unspecified atom stereocenters. The highest BCUT2D eigenvalue weighted by atomic mass is 35.5. The molecule has 0 aliphatic carbocycles. The normalized spacial score (nSPS) is 15.0. The van der Waals surface area contributed by atoms with Crippen LogP contribution in [0.15, 0.2) is 91.1 Å². The number of aromatic nitrogens is 1. The number of nitrogens with one attached hydrogen (secondary N) is 1. The number of halogens is 1. The molecule has 1 aliphatic rings. The average Bonchev–Trinajstić information content (AvgIpc) is 3.21. The summed E-state index contributed by atoms with van der Waals surface area (Å²) in [5.74, 6) is 0. The Kier molecular flexibility index (Phi) is 5.00. The molecule has 2 amide bonds. The number of amides is 2. The molecule has 0 bridgehead atoms. The summed E-state index contributed by atoms with van der Waals surface area (Å²) < 4.78 is 2.16. The lowest BCUT2D eigenvalue weighted by Crippen LogP contribution is -2.38. The maximum atomic E-state index is 13.7. The number of benzene rings is 3. The van der Waals surface area contributed by atoms with E-state index in [1.807, 2.05) is 84.8 Å². The van der Waals surface area contributed by atoms with Gasteiger partial charge in [0.2, 0.25) is 0 Å². The van der Waals surface area contributed by atoms with E-state index in [-0.39, 0.29) is 12.1 Å². The highest BCUT2D eigenvalue weighted by Crippen LogP contribution is 2.39. The van der Waals surface area contributed by atoms with E-state index in [4.69, 9.17) is 11.6 Å². The van der Waals surface area contributed by atoms with Crippen molar-refractivity contribution < 1.29 is 4.79 Å². The first-order chi connectivity index (χ1) is 15.1. The Labute approximate surface area is 186 Å². The minimum Gasteiger partial charge on any atom is -0.318 e. The van der Waals surface area contributed by atoms with Gasteiger partial charge in [-0.3, -0.25) is 0 Å². The molecule has 31 heavy (non-hydrogen) atoms. The number of hydrogen-bond acceptors (Lipinski definition) is 1. The van der Waals surface area contributed by atoms with E-state index in [0.29, 0.717) is 11.6 Å². The number of hydrogen-bond donors (Lipinski definition) is 1. The van der Waals surface area contributed by atoms with Crippen LogP contribution in [0, 0.1) is 6.92 Å². The SMILES string of the molecule is Cc1ccccc1NC(=O)N1Cc2ccccc2-n2cccc2[C@H]1c1ccccc1Cl. The zero-order valence-corrected chi connectivity index (χ0v) is 17.9. The Morgan fingerprint density at radius 2 is 1.68 bits per heavy atom. The second-order valence-corrected chi connectivity index (χ2v) is 8.14. The van der Waals surface area contributed by atoms with Crippen LogP contribution in [0.3, 0.4) is 0 Å². The summed E-state index contributed by atoms with van der Waals surface area (Å²) in [5, 5.41) is 3.75. The summed E-state index contributed by atoms with van der Waals surface area (Å²) in [7, 11) is 0. The Morgan fingerprint density at radius 1 is 0.935 bits per heavy atom. The van der Waals surface area contributed by atoms with Gasteiger partial charge < -0.3 is 14.8 Å². The molecule has 154 valence electrons. The molecule has 5 rings (SSSR count). The maximum Gasteiger partial charge on any atom is 0.322 e. The molecule has 0 saturated heterocycles. The van der Waals surface area contributed by atoms with Crippen molar-refractivity contribution in [2.75, 3.05) is 5.32 Å². The summed E-state index contributed by atoms with van der Waals surface area (Å²) in [4.78, 5) is 15.5. The smallest absolute Gasteiger partial charge is 0.318 e. The van der Waals surface area contributed by atoms with Gasteiger partial charge in [0.15, 0.2) is 0 Å². The summed E-state index contributed by atoms with van der Waals surface area (Å²) in [6.07, 6.45) is 2.04. The van der Waals surface area contributed by atoms with Gasteiger partial charge in [0.05, 0.1) is 17.9 Å². The van der Waals surface area contributed by atoms with Crippen LogP contribution in [0.1, 0.15) is 28.4 Å². The minimum atomic E-state index is -0.333. The third kappa shape index (κ3) is 3.49. The number of aryl methyl sites for hydroxylation is 1. The Hall–Kier alpha value is -3.50. The van der Waals surface area contributed by atoms with Gasteiger partial charge in [-0.1, -0.05) is 66.2 Å². The quantitative estimate of drug-likeness (QED) is 0.385. The fourth-order valence-corrected chi connectivity index (χ4v) is 4.50. The third-order valence-electron chi connectivity index (χ3n) is 5.81. The second-order valence-electron chi connectivity index (χ2n) is 7.73. The van der Waals surface area contributed by atoms with Crippen molar-refractivity contribution in [1.82, 2.24) is 9.47 Å². The van der Waals surface area contributed by atoms with Crippen LogP contribution in [-0.4, -0.2) is 15.5 Å². The molecule has 2 heterocycles. The lowest BCUT2D eigenvalue weighted by Gasteiger charge is -2.31. The monoisotopic (exact) mass is 427 g/mol. The van der Waals surface area contributed by atoms with Crippen LogP contribution >= 0.6 is 11.6 Å². The molecule has 0 saturated carbocycles. The summed E-state index contributed by atoms with van der Waals surface area (Å²) in [5.41, 5.74) is 5.87.